The number of nitrogens with zero attached hydrogens (tertiary/aromatic N) is 2. The predicted octanol–water partition coefficient (Wildman–Crippen LogP) is 4.38. The summed E-state index contributed by atoms with van der Waals surface area (Å²) in [6, 6.07) is 15.5. The van der Waals surface area contributed by atoms with Gasteiger partial charge >= 0.3 is 0 Å². The lowest BCUT2D eigenvalue weighted by Crippen LogP contribution is -2.25. The molecule has 1 amide bonds. The Morgan fingerprint density at radius 2 is 1.89 bits per heavy atom. The van der Waals surface area contributed by atoms with Crippen molar-refractivity contribution in [3.05, 3.63) is 70.6 Å². The Bertz CT molecular complexity index is 890. The van der Waals surface area contributed by atoms with Crippen LogP contribution in [0.1, 0.15) is 29.9 Å². The first-order valence-electron chi connectivity index (χ1n) is 9.01. The summed E-state index contributed by atoms with van der Waals surface area (Å²) in [5.74, 6) is 0.946. The average Bonchev–Trinajstić information content (AvgIpc) is 3.14. The molecule has 0 saturated heterocycles. The Morgan fingerprint density at radius 1 is 1.11 bits per heavy atom. The van der Waals surface area contributed by atoms with Crippen molar-refractivity contribution in [3.8, 4) is 11.4 Å². The molecule has 0 atom stereocenters. The molecule has 140 valence electrons. The zero-order chi connectivity index (χ0) is 19.1. The number of carbonyl (C=O) groups excluding carboxylic acids is 1. The molecule has 0 aliphatic heterocycles. The van der Waals surface area contributed by atoms with Crippen molar-refractivity contribution in [1.82, 2.24) is 15.5 Å². The summed E-state index contributed by atoms with van der Waals surface area (Å²) < 4.78 is 5.22. The molecule has 0 bridgehead atoms. The van der Waals surface area contributed by atoms with E-state index in [9.17, 15) is 4.79 Å². The third-order valence-electron chi connectivity index (χ3n) is 4.34. The monoisotopic (exact) mass is 383 g/mol. The van der Waals surface area contributed by atoms with E-state index in [2.05, 4.69) is 34.5 Å². The molecule has 0 saturated carbocycles. The van der Waals surface area contributed by atoms with Gasteiger partial charge in [-0.15, -0.1) is 0 Å². The van der Waals surface area contributed by atoms with Crippen LogP contribution in [0.25, 0.3) is 11.4 Å². The number of carbonyl (C=O) groups is 1. The van der Waals surface area contributed by atoms with Crippen LogP contribution in [-0.4, -0.2) is 22.6 Å². The fourth-order valence-electron chi connectivity index (χ4n) is 2.78. The number of rotatable bonds is 8. The van der Waals surface area contributed by atoms with Crippen LogP contribution in [0.5, 0.6) is 0 Å². The Balaban J connectivity index is 1.39. The van der Waals surface area contributed by atoms with Crippen LogP contribution < -0.4 is 5.32 Å². The van der Waals surface area contributed by atoms with E-state index in [0.717, 1.165) is 18.4 Å². The van der Waals surface area contributed by atoms with Gasteiger partial charge in [0.15, 0.2) is 0 Å². The zero-order valence-electron chi connectivity index (χ0n) is 15.2. The molecule has 1 heterocycles. The highest BCUT2D eigenvalue weighted by Crippen LogP contribution is 2.19. The Hall–Kier alpha value is -2.66. The van der Waals surface area contributed by atoms with Gasteiger partial charge in [-0.05, 0) is 55.2 Å². The second-order valence-corrected chi connectivity index (χ2v) is 6.84. The molecule has 0 unspecified atom stereocenters. The quantitative estimate of drug-likeness (QED) is 0.586. The molecule has 0 spiro atoms. The van der Waals surface area contributed by atoms with Crippen molar-refractivity contribution < 1.29 is 9.32 Å². The molecule has 3 rings (SSSR count). The smallest absolute Gasteiger partial charge is 0.227 e. The SMILES string of the molecule is Cc1ccccc1CCCNC(=O)CCc1nc(-c2ccc(Cl)cc2)no1. The van der Waals surface area contributed by atoms with Gasteiger partial charge in [-0.2, -0.15) is 4.98 Å². The zero-order valence-corrected chi connectivity index (χ0v) is 16.0. The Labute approximate surface area is 163 Å². The Kier molecular flexibility index (Phi) is 6.60. The van der Waals surface area contributed by atoms with Gasteiger partial charge in [-0.25, -0.2) is 0 Å². The molecule has 3 aromatic rings. The summed E-state index contributed by atoms with van der Waals surface area (Å²) in [5, 5.41) is 7.55. The molecule has 27 heavy (non-hydrogen) atoms. The Morgan fingerprint density at radius 3 is 2.67 bits per heavy atom. The molecule has 0 aliphatic carbocycles. The minimum atomic E-state index is -0.00831. The summed E-state index contributed by atoms with van der Waals surface area (Å²) in [4.78, 5) is 16.3. The summed E-state index contributed by atoms with van der Waals surface area (Å²) in [5.41, 5.74) is 3.44. The maximum Gasteiger partial charge on any atom is 0.227 e. The average molecular weight is 384 g/mol. The van der Waals surface area contributed by atoms with Gasteiger partial charge in [0, 0.05) is 30.0 Å². The van der Waals surface area contributed by atoms with Crippen molar-refractivity contribution in [2.45, 2.75) is 32.6 Å². The molecule has 1 N–H and O–H groups in total. The largest absolute Gasteiger partial charge is 0.356 e. The van der Waals surface area contributed by atoms with E-state index in [1.54, 1.807) is 12.1 Å². The lowest BCUT2D eigenvalue weighted by molar-refractivity contribution is -0.121. The molecular weight excluding hydrogens is 362 g/mol. The number of hydrogen-bond donors (Lipinski definition) is 1. The van der Waals surface area contributed by atoms with E-state index >= 15 is 0 Å². The fourth-order valence-corrected chi connectivity index (χ4v) is 2.90. The van der Waals surface area contributed by atoms with Gasteiger partial charge in [-0.3, -0.25) is 4.79 Å². The third kappa shape index (κ3) is 5.66. The van der Waals surface area contributed by atoms with E-state index in [-0.39, 0.29) is 5.91 Å². The molecule has 5 nitrogen and oxygen atoms in total. The van der Waals surface area contributed by atoms with Gasteiger partial charge in [0.25, 0.3) is 0 Å². The standard InChI is InChI=1S/C21H22ClN3O2/c1-15-5-2-3-6-16(15)7-4-14-23-19(26)12-13-20-24-21(25-27-20)17-8-10-18(22)11-9-17/h2-3,5-6,8-11H,4,7,12-14H2,1H3,(H,23,26). The van der Waals surface area contributed by atoms with Crippen LogP contribution in [0.15, 0.2) is 53.1 Å². The summed E-state index contributed by atoms with van der Waals surface area (Å²) >= 11 is 5.87. The highest BCUT2D eigenvalue weighted by atomic mass is 35.5. The first kappa shape index (κ1) is 19.1. The van der Waals surface area contributed by atoms with Crippen molar-refractivity contribution in [2.24, 2.45) is 0 Å². The molecule has 0 aliphatic rings. The maximum absolute atomic E-state index is 12.0. The van der Waals surface area contributed by atoms with Gasteiger partial charge in [0.1, 0.15) is 0 Å². The minimum absolute atomic E-state index is 0.00831. The second kappa shape index (κ2) is 9.33. The van der Waals surface area contributed by atoms with E-state index in [4.69, 9.17) is 16.1 Å². The second-order valence-electron chi connectivity index (χ2n) is 6.40. The van der Waals surface area contributed by atoms with E-state index in [0.29, 0.717) is 36.1 Å². The maximum atomic E-state index is 12.0. The van der Waals surface area contributed by atoms with E-state index < -0.39 is 0 Å². The van der Waals surface area contributed by atoms with E-state index in [1.165, 1.54) is 11.1 Å². The van der Waals surface area contributed by atoms with Crippen LogP contribution in [-0.2, 0) is 17.6 Å². The third-order valence-corrected chi connectivity index (χ3v) is 4.59. The van der Waals surface area contributed by atoms with Crippen molar-refractivity contribution >= 4 is 17.5 Å². The number of amides is 1. The number of hydrogen-bond acceptors (Lipinski definition) is 4. The normalized spacial score (nSPS) is 10.7. The minimum Gasteiger partial charge on any atom is -0.356 e. The van der Waals surface area contributed by atoms with Gasteiger partial charge in [-0.1, -0.05) is 41.0 Å². The highest BCUT2D eigenvalue weighted by Gasteiger charge is 2.10. The first-order chi connectivity index (χ1) is 13.1. The van der Waals surface area contributed by atoms with Crippen molar-refractivity contribution in [3.63, 3.8) is 0 Å². The molecule has 6 heteroatoms. The predicted molar refractivity (Wildman–Crippen MR) is 106 cm³/mol. The topological polar surface area (TPSA) is 68.0 Å². The van der Waals surface area contributed by atoms with Gasteiger partial charge in [0.2, 0.25) is 17.6 Å². The van der Waals surface area contributed by atoms with Crippen molar-refractivity contribution in [2.75, 3.05) is 6.54 Å². The lowest BCUT2D eigenvalue weighted by atomic mass is 10.0. The lowest BCUT2D eigenvalue weighted by Gasteiger charge is -2.06. The first-order valence-corrected chi connectivity index (χ1v) is 9.39. The molecular formula is C21H22ClN3O2. The summed E-state index contributed by atoms with van der Waals surface area (Å²) in [6.45, 7) is 2.77. The fraction of sp³-hybridized carbons (Fsp3) is 0.286. The molecule has 0 radical (unpaired) electrons. The number of benzene rings is 2. The van der Waals surface area contributed by atoms with Crippen LogP contribution in [0.3, 0.4) is 0 Å². The number of halogens is 1. The molecule has 2 aromatic carbocycles. The van der Waals surface area contributed by atoms with Crippen LogP contribution in [0, 0.1) is 6.92 Å². The molecule has 0 fully saturated rings. The highest BCUT2D eigenvalue weighted by molar-refractivity contribution is 6.30. The van der Waals surface area contributed by atoms with Crippen LogP contribution in [0.4, 0.5) is 0 Å². The van der Waals surface area contributed by atoms with E-state index in [1.807, 2.05) is 24.3 Å². The van der Waals surface area contributed by atoms with Crippen LogP contribution in [0.2, 0.25) is 5.02 Å². The summed E-state index contributed by atoms with van der Waals surface area (Å²) in [7, 11) is 0. The van der Waals surface area contributed by atoms with Crippen molar-refractivity contribution in [1.29, 1.82) is 0 Å². The summed E-state index contributed by atoms with van der Waals surface area (Å²) in [6.07, 6.45) is 2.62. The molecule has 1 aromatic heterocycles. The van der Waals surface area contributed by atoms with Gasteiger partial charge < -0.3 is 9.84 Å². The van der Waals surface area contributed by atoms with Crippen LogP contribution >= 0.6 is 11.6 Å². The number of nitrogens with one attached hydrogen (secondary N) is 1. The van der Waals surface area contributed by atoms with Gasteiger partial charge in [0.05, 0.1) is 0 Å². The number of aryl methyl sites for hydroxylation is 3. The number of aromatic nitrogens is 2.